The molecule has 90 valence electrons. The minimum Gasteiger partial charge on any atom is -0.357 e. The van der Waals surface area contributed by atoms with Gasteiger partial charge in [-0.05, 0) is 39.2 Å². The number of hydrogen-bond acceptors (Lipinski definition) is 7. The summed E-state index contributed by atoms with van der Waals surface area (Å²) < 4.78 is 5.99. The molecule has 0 atom stereocenters. The number of nitrogens with one attached hydrogen (secondary N) is 1. The fourth-order valence-electron chi connectivity index (χ4n) is 1.05. The van der Waals surface area contributed by atoms with E-state index in [4.69, 9.17) is 0 Å². The summed E-state index contributed by atoms with van der Waals surface area (Å²) in [6.45, 7) is 2.04. The third-order valence-electron chi connectivity index (χ3n) is 1.89. The van der Waals surface area contributed by atoms with Gasteiger partial charge in [0.15, 0.2) is 4.34 Å². The molecule has 0 saturated heterocycles. The smallest absolute Gasteiger partial charge is 0.223 e. The second-order valence-electron chi connectivity index (χ2n) is 3.03. The molecular weight excluding hydrogens is 322 g/mol. The summed E-state index contributed by atoms with van der Waals surface area (Å²) in [4.78, 5) is 12.8. The monoisotopic (exact) mass is 331 g/mol. The molecule has 0 fully saturated rings. The zero-order valence-electron chi connectivity index (χ0n) is 9.27. The first kappa shape index (κ1) is 12.7. The molecule has 2 heterocycles. The predicted octanol–water partition coefficient (Wildman–Crippen LogP) is 2.85. The number of halogens is 1. The Morgan fingerprint density at radius 3 is 2.94 bits per heavy atom. The van der Waals surface area contributed by atoms with Gasteiger partial charge in [-0.3, -0.25) is 0 Å². The lowest BCUT2D eigenvalue weighted by atomic mass is 10.5. The van der Waals surface area contributed by atoms with E-state index < -0.39 is 0 Å². The Hall–Kier alpha value is -0.730. The Bertz CT molecular complexity index is 516. The van der Waals surface area contributed by atoms with Gasteiger partial charge in [0.05, 0.1) is 4.47 Å². The maximum atomic E-state index is 4.39. The molecule has 2 aromatic rings. The second kappa shape index (κ2) is 5.74. The van der Waals surface area contributed by atoms with Gasteiger partial charge in [0.2, 0.25) is 5.95 Å². The highest BCUT2D eigenvalue weighted by Gasteiger charge is 2.10. The third-order valence-corrected chi connectivity index (χ3v) is 4.52. The van der Waals surface area contributed by atoms with E-state index in [9.17, 15) is 0 Å². The lowest BCUT2D eigenvalue weighted by Gasteiger charge is -2.02. The van der Waals surface area contributed by atoms with Crippen molar-refractivity contribution in [3.8, 4) is 0 Å². The molecule has 2 aromatic heterocycles. The molecule has 0 bridgehead atoms. The highest BCUT2D eigenvalue weighted by Crippen LogP contribution is 2.32. The summed E-state index contributed by atoms with van der Waals surface area (Å²) in [7, 11) is 1.79. The molecule has 17 heavy (non-hydrogen) atoms. The Morgan fingerprint density at radius 2 is 2.29 bits per heavy atom. The second-order valence-corrected chi connectivity index (χ2v) is 5.87. The number of anilines is 1. The van der Waals surface area contributed by atoms with E-state index in [1.165, 1.54) is 23.3 Å². The Balaban J connectivity index is 2.22. The lowest BCUT2D eigenvalue weighted by molar-refractivity contribution is 0.968. The maximum Gasteiger partial charge on any atom is 0.223 e. The zero-order valence-corrected chi connectivity index (χ0v) is 12.5. The first-order valence-corrected chi connectivity index (χ1v) is 7.32. The van der Waals surface area contributed by atoms with E-state index in [0.717, 1.165) is 26.1 Å². The van der Waals surface area contributed by atoms with E-state index in [1.807, 2.05) is 6.92 Å². The summed E-state index contributed by atoms with van der Waals surface area (Å²) in [5, 5.41) is 3.74. The van der Waals surface area contributed by atoms with E-state index in [2.05, 4.69) is 40.6 Å². The molecule has 8 heteroatoms. The van der Waals surface area contributed by atoms with Gasteiger partial charge in [-0.15, -0.1) is 0 Å². The van der Waals surface area contributed by atoms with Gasteiger partial charge in [-0.25, -0.2) is 15.0 Å². The average molecular weight is 332 g/mol. The Morgan fingerprint density at radius 1 is 1.47 bits per heavy atom. The molecule has 0 aliphatic rings. The van der Waals surface area contributed by atoms with Crippen molar-refractivity contribution >= 4 is 45.2 Å². The molecule has 5 nitrogen and oxygen atoms in total. The Labute approximate surface area is 116 Å². The first-order valence-electron chi connectivity index (χ1n) is 4.93. The van der Waals surface area contributed by atoms with Crippen molar-refractivity contribution in [2.24, 2.45) is 0 Å². The van der Waals surface area contributed by atoms with Crippen LogP contribution in [0, 0.1) is 0 Å². The summed E-state index contributed by atoms with van der Waals surface area (Å²) >= 11 is 6.30. The highest BCUT2D eigenvalue weighted by molar-refractivity contribution is 9.10. The van der Waals surface area contributed by atoms with Crippen LogP contribution < -0.4 is 5.32 Å². The molecule has 0 radical (unpaired) electrons. The predicted molar refractivity (Wildman–Crippen MR) is 72.7 cm³/mol. The van der Waals surface area contributed by atoms with Crippen LogP contribution >= 0.6 is 39.2 Å². The quantitative estimate of drug-likeness (QED) is 0.869. The zero-order chi connectivity index (χ0) is 12.3. The SMILES string of the molecule is CCc1nsc(Sc2nc(NC)ncc2Br)n1. The summed E-state index contributed by atoms with van der Waals surface area (Å²) in [5.74, 6) is 1.47. The van der Waals surface area contributed by atoms with Crippen LogP contribution in [0.25, 0.3) is 0 Å². The Kier molecular flexibility index (Phi) is 4.30. The van der Waals surface area contributed by atoms with Crippen molar-refractivity contribution in [2.45, 2.75) is 22.7 Å². The van der Waals surface area contributed by atoms with E-state index >= 15 is 0 Å². The van der Waals surface area contributed by atoms with Crippen LogP contribution in [0.2, 0.25) is 0 Å². The number of aryl methyl sites for hydroxylation is 1. The van der Waals surface area contributed by atoms with Gasteiger partial charge in [-0.2, -0.15) is 4.37 Å². The third kappa shape index (κ3) is 3.14. The van der Waals surface area contributed by atoms with Gasteiger partial charge < -0.3 is 5.32 Å². The summed E-state index contributed by atoms with van der Waals surface area (Å²) in [6.07, 6.45) is 2.58. The summed E-state index contributed by atoms with van der Waals surface area (Å²) in [6, 6.07) is 0. The molecule has 0 aliphatic heterocycles. The number of nitrogens with zero attached hydrogens (tertiary/aromatic N) is 4. The van der Waals surface area contributed by atoms with Crippen LogP contribution in [0.1, 0.15) is 12.7 Å². The molecule has 1 N–H and O–H groups in total. The standard InChI is InChI=1S/C9H10BrN5S2/c1-3-6-13-9(17-15-6)16-7-5(10)4-12-8(11-2)14-7/h4H,3H2,1-2H3,(H,11,12,14). The normalized spacial score (nSPS) is 10.5. The largest absolute Gasteiger partial charge is 0.357 e. The van der Waals surface area contributed by atoms with Crippen LogP contribution in [0.4, 0.5) is 5.95 Å². The van der Waals surface area contributed by atoms with Crippen molar-refractivity contribution in [3.63, 3.8) is 0 Å². The number of aromatic nitrogens is 4. The van der Waals surface area contributed by atoms with E-state index in [-0.39, 0.29) is 0 Å². The number of hydrogen-bond donors (Lipinski definition) is 1. The summed E-state index contributed by atoms with van der Waals surface area (Å²) in [5.41, 5.74) is 0. The fraction of sp³-hybridized carbons (Fsp3) is 0.333. The molecule has 0 aromatic carbocycles. The van der Waals surface area contributed by atoms with Gasteiger partial charge >= 0.3 is 0 Å². The maximum absolute atomic E-state index is 4.39. The van der Waals surface area contributed by atoms with Crippen molar-refractivity contribution in [2.75, 3.05) is 12.4 Å². The van der Waals surface area contributed by atoms with Gasteiger partial charge in [0, 0.05) is 19.7 Å². The van der Waals surface area contributed by atoms with Crippen LogP contribution in [-0.2, 0) is 6.42 Å². The first-order chi connectivity index (χ1) is 8.22. The highest BCUT2D eigenvalue weighted by atomic mass is 79.9. The van der Waals surface area contributed by atoms with Crippen molar-refractivity contribution in [1.82, 2.24) is 19.3 Å². The van der Waals surface area contributed by atoms with E-state index in [1.54, 1.807) is 13.2 Å². The van der Waals surface area contributed by atoms with Crippen molar-refractivity contribution in [1.29, 1.82) is 0 Å². The van der Waals surface area contributed by atoms with Crippen molar-refractivity contribution < 1.29 is 0 Å². The number of rotatable bonds is 4. The molecular formula is C9H10BrN5S2. The van der Waals surface area contributed by atoms with Crippen LogP contribution in [-0.4, -0.2) is 26.4 Å². The minimum atomic E-state index is 0.593. The van der Waals surface area contributed by atoms with Gasteiger partial charge in [0.25, 0.3) is 0 Å². The van der Waals surface area contributed by atoms with Crippen molar-refractivity contribution in [3.05, 3.63) is 16.5 Å². The topological polar surface area (TPSA) is 63.6 Å². The van der Waals surface area contributed by atoms with Gasteiger partial charge in [-0.1, -0.05) is 6.92 Å². The van der Waals surface area contributed by atoms with Crippen LogP contribution in [0.15, 0.2) is 20.0 Å². The van der Waals surface area contributed by atoms with Crippen LogP contribution in [0.5, 0.6) is 0 Å². The molecule has 0 saturated carbocycles. The molecule has 0 spiro atoms. The average Bonchev–Trinajstić information content (AvgIpc) is 2.80. The molecule has 0 amide bonds. The molecule has 0 aliphatic carbocycles. The minimum absolute atomic E-state index is 0.593. The lowest BCUT2D eigenvalue weighted by Crippen LogP contribution is -1.97. The molecule has 2 rings (SSSR count). The van der Waals surface area contributed by atoms with Gasteiger partial charge in [0.1, 0.15) is 10.9 Å². The fourth-order valence-corrected chi connectivity index (χ4v) is 3.08. The van der Waals surface area contributed by atoms with Crippen LogP contribution in [0.3, 0.4) is 0 Å². The molecule has 0 unspecified atom stereocenters. The van der Waals surface area contributed by atoms with E-state index in [0.29, 0.717) is 5.95 Å².